The molecule has 0 radical (unpaired) electrons. The number of nitrogens with zero attached hydrogens (tertiary/aromatic N) is 1. The molecular formula is C16H19N3S. The van der Waals surface area contributed by atoms with Crippen LogP contribution in [0.2, 0.25) is 0 Å². The largest absolute Gasteiger partial charge is 0.388 e. The number of pyridine rings is 1. The highest BCUT2D eigenvalue weighted by Gasteiger charge is 2.17. The van der Waals surface area contributed by atoms with Crippen LogP contribution < -0.4 is 11.1 Å². The van der Waals surface area contributed by atoms with Crippen molar-refractivity contribution in [3.05, 3.63) is 53.9 Å². The fourth-order valence-corrected chi connectivity index (χ4v) is 2.16. The van der Waals surface area contributed by atoms with Crippen molar-refractivity contribution in [2.75, 3.05) is 5.32 Å². The summed E-state index contributed by atoms with van der Waals surface area (Å²) in [6.07, 6.45) is 1.70. The molecule has 20 heavy (non-hydrogen) atoms. The van der Waals surface area contributed by atoms with Gasteiger partial charge >= 0.3 is 0 Å². The Labute approximate surface area is 125 Å². The van der Waals surface area contributed by atoms with Gasteiger partial charge < -0.3 is 11.1 Å². The molecule has 2 rings (SSSR count). The lowest BCUT2D eigenvalue weighted by molar-refractivity contribution is 0.592. The Morgan fingerprint density at radius 3 is 2.55 bits per heavy atom. The molecule has 0 amide bonds. The van der Waals surface area contributed by atoms with Gasteiger partial charge in [0.2, 0.25) is 0 Å². The number of rotatable bonds is 3. The minimum Gasteiger partial charge on any atom is -0.388 e. The smallest absolute Gasteiger partial charge is 0.122 e. The van der Waals surface area contributed by atoms with Crippen LogP contribution in [0.5, 0.6) is 0 Å². The Morgan fingerprint density at radius 2 is 1.90 bits per heavy atom. The summed E-state index contributed by atoms with van der Waals surface area (Å²) in [4.78, 5) is 4.45. The van der Waals surface area contributed by atoms with E-state index >= 15 is 0 Å². The van der Waals surface area contributed by atoms with Crippen LogP contribution in [0.4, 0.5) is 11.4 Å². The number of hydrogen-bond donors (Lipinski definition) is 2. The Bertz CT molecular complexity index is 630. The maximum absolute atomic E-state index is 5.62. The summed E-state index contributed by atoms with van der Waals surface area (Å²) >= 11 is 4.96. The van der Waals surface area contributed by atoms with Crippen LogP contribution in [0.25, 0.3) is 0 Å². The molecule has 0 fully saturated rings. The summed E-state index contributed by atoms with van der Waals surface area (Å²) in [5.74, 6) is 0. The number of para-hydroxylation sites is 1. The zero-order chi connectivity index (χ0) is 14.8. The number of benzene rings is 1. The predicted molar refractivity (Wildman–Crippen MR) is 88.5 cm³/mol. The lowest BCUT2D eigenvalue weighted by Gasteiger charge is -2.23. The van der Waals surface area contributed by atoms with Crippen molar-refractivity contribution in [3.63, 3.8) is 0 Å². The topological polar surface area (TPSA) is 50.9 Å². The lowest BCUT2D eigenvalue weighted by Crippen LogP contribution is -2.14. The summed E-state index contributed by atoms with van der Waals surface area (Å²) < 4.78 is 0. The van der Waals surface area contributed by atoms with Crippen LogP contribution in [0.15, 0.2) is 42.6 Å². The second-order valence-corrected chi connectivity index (χ2v) is 6.15. The van der Waals surface area contributed by atoms with E-state index < -0.39 is 0 Å². The van der Waals surface area contributed by atoms with Gasteiger partial charge in [-0.1, -0.05) is 51.2 Å². The number of anilines is 2. The van der Waals surface area contributed by atoms with Crippen LogP contribution in [-0.2, 0) is 5.41 Å². The minimum atomic E-state index is 0.0720. The fourth-order valence-electron chi connectivity index (χ4n) is 2.04. The summed E-state index contributed by atoms with van der Waals surface area (Å²) in [5, 5.41) is 3.42. The number of nitrogens with two attached hydrogens (primary N) is 1. The summed E-state index contributed by atoms with van der Waals surface area (Å²) in [6, 6.07) is 12.1. The molecule has 1 aromatic heterocycles. The first-order valence-corrected chi connectivity index (χ1v) is 6.91. The van der Waals surface area contributed by atoms with E-state index in [1.165, 1.54) is 5.56 Å². The molecule has 0 bridgehead atoms. The van der Waals surface area contributed by atoms with E-state index in [1.807, 2.05) is 18.2 Å². The molecule has 0 aliphatic rings. The van der Waals surface area contributed by atoms with Gasteiger partial charge in [0.1, 0.15) is 4.99 Å². The van der Waals surface area contributed by atoms with Crippen LogP contribution >= 0.6 is 12.2 Å². The Hall–Kier alpha value is -1.94. The number of thiocarbonyl (C=S) groups is 1. The van der Waals surface area contributed by atoms with E-state index in [0.29, 0.717) is 10.7 Å². The van der Waals surface area contributed by atoms with Crippen LogP contribution in [0, 0.1) is 0 Å². The summed E-state index contributed by atoms with van der Waals surface area (Å²) in [5.41, 5.74) is 9.58. The first-order chi connectivity index (χ1) is 9.38. The van der Waals surface area contributed by atoms with Gasteiger partial charge in [-0.2, -0.15) is 0 Å². The van der Waals surface area contributed by atoms with E-state index in [2.05, 4.69) is 49.3 Å². The van der Waals surface area contributed by atoms with E-state index in [4.69, 9.17) is 18.0 Å². The average Bonchev–Trinajstić information content (AvgIpc) is 2.38. The maximum atomic E-state index is 5.62. The van der Waals surface area contributed by atoms with E-state index in [-0.39, 0.29) is 5.41 Å². The van der Waals surface area contributed by atoms with Crippen molar-refractivity contribution in [2.24, 2.45) is 5.73 Å². The van der Waals surface area contributed by atoms with Gasteiger partial charge in [0.05, 0.1) is 5.69 Å². The molecule has 0 unspecified atom stereocenters. The van der Waals surface area contributed by atoms with Crippen LogP contribution in [-0.4, -0.2) is 9.97 Å². The number of hydrogen-bond acceptors (Lipinski definition) is 3. The van der Waals surface area contributed by atoms with Gasteiger partial charge in [0.15, 0.2) is 0 Å². The Kier molecular flexibility index (Phi) is 4.04. The van der Waals surface area contributed by atoms with E-state index in [1.54, 1.807) is 6.20 Å². The zero-order valence-corrected chi connectivity index (χ0v) is 12.8. The molecule has 104 valence electrons. The standard InChI is InChI=1S/C16H19N3S/c1-16(2,3)12-6-4-5-7-13(12)19-11-8-9-18-14(10-11)15(17)20/h4-10H,1-3H3,(H2,17,20)(H,18,19). The van der Waals surface area contributed by atoms with Crippen molar-refractivity contribution in [2.45, 2.75) is 26.2 Å². The minimum absolute atomic E-state index is 0.0720. The third-order valence-corrected chi connectivity index (χ3v) is 3.24. The lowest BCUT2D eigenvalue weighted by atomic mass is 9.86. The highest BCUT2D eigenvalue weighted by atomic mass is 32.1. The van der Waals surface area contributed by atoms with Crippen LogP contribution in [0.3, 0.4) is 0 Å². The number of aromatic nitrogens is 1. The van der Waals surface area contributed by atoms with E-state index in [9.17, 15) is 0 Å². The van der Waals surface area contributed by atoms with Gasteiger partial charge in [-0.05, 0) is 29.2 Å². The third kappa shape index (κ3) is 3.33. The molecule has 1 heterocycles. The van der Waals surface area contributed by atoms with Gasteiger partial charge in [-0.15, -0.1) is 0 Å². The molecule has 0 saturated heterocycles. The average molecular weight is 285 g/mol. The maximum Gasteiger partial charge on any atom is 0.122 e. The van der Waals surface area contributed by atoms with Crippen molar-refractivity contribution in [1.82, 2.24) is 4.98 Å². The fraction of sp³-hybridized carbons (Fsp3) is 0.250. The Morgan fingerprint density at radius 1 is 1.20 bits per heavy atom. The Balaban J connectivity index is 2.36. The molecule has 2 aromatic rings. The first-order valence-electron chi connectivity index (χ1n) is 6.50. The molecule has 3 nitrogen and oxygen atoms in total. The zero-order valence-electron chi connectivity index (χ0n) is 12.0. The van der Waals surface area contributed by atoms with Crippen molar-refractivity contribution >= 4 is 28.6 Å². The molecule has 3 N–H and O–H groups in total. The second kappa shape index (κ2) is 5.59. The molecule has 0 spiro atoms. The van der Waals surface area contributed by atoms with Crippen molar-refractivity contribution < 1.29 is 0 Å². The molecule has 1 aromatic carbocycles. The van der Waals surface area contributed by atoms with Gasteiger partial charge in [0.25, 0.3) is 0 Å². The predicted octanol–water partition coefficient (Wildman–Crippen LogP) is 3.76. The summed E-state index contributed by atoms with van der Waals surface area (Å²) in [7, 11) is 0. The second-order valence-electron chi connectivity index (χ2n) is 5.71. The van der Waals surface area contributed by atoms with E-state index in [0.717, 1.165) is 11.4 Å². The highest BCUT2D eigenvalue weighted by Crippen LogP contribution is 2.31. The molecule has 0 aliphatic heterocycles. The SMILES string of the molecule is CC(C)(C)c1ccccc1Nc1ccnc(C(N)=S)c1. The van der Waals surface area contributed by atoms with Gasteiger partial charge in [-0.3, -0.25) is 4.98 Å². The monoisotopic (exact) mass is 285 g/mol. The quantitative estimate of drug-likeness (QED) is 0.843. The van der Waals surface area contributed by atoms with Crippen molar-refractivity contribution in [3.8, 4) is 0 Å². The van der Waals surface area contributed by atoms with Gasteiger partial charge in [0, 0.05) is 17.6 Å². The van der Waals surface area contributed by atoms with Crippen LogP contribution in [0.1, 0.15) is 32.0 Å². The first kappa shape index (κ1) is 14.5. The molecule has 0 aliphatic carbocycles. The normalized spacial score (nSPS) is 11.2. The molecule has 4 heteroatoms. The molecular weight excluding hydrogens is 266 g/mol. The third-order valence-electron chi connectivity index (χ3n) is 3.03. The van der Waals surface area contributed by atoms with Gasteiger partial charge in [-0.25, -0.2) is 0 Å². The molecule has 0 atom stereocenters. The summed E-state index contributed by atoms with van der Waals surface area (Å²) in [6.45, 7) is 6.58. The highest BCUT2D eigenvalue weighted by molar-refractivity contribution is 7.80. The van der Waals surface area contributed by atoms with Crippen molar-refractivity contribution in [1.29, 1.82) is 0 Å². The molecule has 0 saturated carbocycles. The number of nitrogens with one attached hydrogen (secondary N) is 1.